The third kappa shape index (κ3) is 3.13. The molecule has 8 heteroatoms. The molecular formula is C12H10F4N2O2. The molecule has 0 radical (unpaired) electrons. The van der Waals surface area contributed by atoms with E-state index in [9.17, 15) is 17.6 Å². The molecule has 1 aromatic heterocycles. The molecule has 0 spiro atoms. The summed E-state index contributed by atoms with van der Waals surface area (Å²) in [6.07, 6.45) is -4.26. The number of benzene rings is 1. The second-order valence-electron chi connectivity index (χ2n) is 3.98. The zero-order valence-electron chi connectivity index (χ0n) is 10.4. The van der Waals surface area contributed by atoms with Gasteiger partial charge in [0.05, 0.1) is 12.2 Å². The minimum Gasteiger partial charge on any atom is -0.384 e. The lowest BCUT2D eigenvalue weighted by atomic mass is 10.1. The van der Waals surface area contributed by atoms with Crippen molar-refractivity contribution in [2.24, 2.45) is 0 Å². The maximum absolute atomic E-state index is 13.8. The van der Waals surface area contributed by atoms with Crippen molar-refractivity contribution in [1.29, 1.82) is 0 Å². The van der Waals surface area contributed by atoms with Crippen LogP contribution in [-0.2, 0) is 17.3 Å². The Balaban J connectivity index is 2.27. The molecule has 4 nitrogen and oxygen atoms in total. The Labute approximate surface area is 111 Å². The van der Waals surface area contributed by atoms with Gasteiger partial charge in [0, 0.05) is 7.11 Å². The molecule has 0 N–H and O–H groups in total. The van der Waals surface area contributed by atoms with Gasteiger partial charge in [-0.25, -0.2) is 4.39 Å². The number of hydrogen-bond donors (Lipinski definition) is 0. The summed E-state index contributed by atoms with van der Waals surface area (Å²) in [5.41, 5.74) is 0.512. The number of halogens is 4. The van der Waals surface area contributed by atoms with E-state index in [1.807, 2.05) is 0 Å². The van der Waals surface area contributed by atoms with Crippen LogP contribution in [0.15, 0.2) is 22.7 Å². The Morgan fingerprint density at radius 2 is 2.05 bits per heavy atom. The maximum atomic E-state index is 13.8. The monoisotopic (exact) mass is 290 g/mol. The summed E-state index contributed by atoms with van der Waals surface area (Å²) in [7, 11) is 1.52. The molecule has 0 aliphatic carbocycles. The molecule has 2 aromatic rings. The van der Waals surface area contributed by atoms with E-state index in [4.69, 9.17) is 4.74 Å². The Morgan fingerprint density at radius 1 is 1.30 bits per heavy atom. The summed E-state index contributed by atoms with van der Waals surface area (Å²) >= 11 is 0. The van der Waals surface area contributed by atoms with Crippen molar-refractivity contribution in [2.75, 3.05) is 13.7 Å². The fraction of sp³-hybridized carbons (Fsp3) is 0.333. The molecule has 0 fully saturated rings. The van der Waals surface area contributed by atoms with Crippen molar-refractivity contribution < 1.29 is 26.8 Å². The first-order chi connectivity index (χ1) is 9.41. The van der Waals surface area contributed by atoms with Gasteiger partial charge < -0.3 is 9.26 Å². The molecule has 20 heavy (non-hydrogen) atoms. The van der Waals surface area contributed by atoms with Gasteiger partial charge in [-0.2, -0.15) is 18.2 Å². The zero-order valence-corrected chi connectivity index (χ0v) is 10.4. The van der Waals surface area contributed by atoms with Crippen molar-refractivity contribution in [3.63, 3.8) is 0 Å². The minimum atomic E-state index is -4.75. The standard InChI is InChI=1S/C12H10F4N2O2/c1-19-5-4-7-2-3-8(9(13)6-7)10-17-11(20-18-10)12(14,15)16/h2-3,6H,4-5H2,1H3. The first-order valence-electron chi connectivity index (χ1n) is 5.60. The Bertz CT molecular complexity index is 595. The van der Waals surface area contributed by atoms with Crippen LogP contribution in [0.4, 0.5) is 17.6 Å². The molecule has 0 saturated carbocycles. The molecule has 0 aliphatic rings. The lowest BCUT2D eigenvalue weighted by Crippen LogP contribution is -2.05. The number of aromatic nitrogens is 2. The van der Waals surface area contributed by atoms with Gasteiger partial charge in [-0.1, -0.05) is 11.2 Å². The quantitative estimate of drug-likeness (QED) is 0.812. The zero-order chi connectivity index (χ0) is 14.8. The van der Waals surface area contributed by atoms with Crippen LogP contribution in [-0.4, -0.2) is 23.9 Å². The molecule has 0 bridgehead atoms. The summed E-state index contributed by atoms with van der Waals surface area (Å²) < 4.78 is 59.7. The van der Waals surface area contributed by atoms with Gasteiger partial charge in [0.25, 0.3) is 0 Å². The van der Waals surface area contributed by atoms with E-state index in [1.165, 1.54) is 19.2 Å². The van der Waals surface area contributed by atoms with Crippen molar-refractivity contribution in [1.82, 2.24) is 10.1 Å². The van der Waals surface area contributed by atoms with Crippen LogP contribution in [0.2, 0.25) is 0 Å². The van der Waals surface area contributed by atoms with Crippen molar-refractivity contribution in [3.05, 3.63) is 35.5 Å². The highest BCUT2D eigenvalue weighted by Crippen LogP contribution is 2.30. The predicted octanol–water partition coefficient (Wildman–Crippen LogP) is 3.08. The second-order valence-corrected chi connectivity index (χ2v) is 3.98. The summed E-state index contributed by atoms with van der Waals surface area (Å²) in [4.78, 5) is 3.14. The Morgan fingerprint density at radius 3 is 2.60 bits per heavy atom. The van der Waals surface area contributed by atoms with E-state index >= 15 is 0 Å². The fourth-order valence-electron chi connectivity index (χ4n) is 1.56. The summed E-state index contributed by atoms with van der Waals surface area (Å²) in [5, 5.41) is 3.13. The average Bonchev–Trinajstić information content (AvgIpc) is 2.85. The summed E-state index contributed by atoms with van der Waals surface area (Å²) in [6.45, 7) is 0.416. The van der Waals surface area contributed by atoms with Crippen LogP contribution < -0.4 is 0 Å². The Hall–Kier alpha value is -1.96. The lowest BCUT2D eigenvalue weighted by Gasteiger charge is -2.03. The van der Waals surface area contributed by atoms with E-state index in [-0.39, 0.29) is 5.56 Å². The van der Waals surface area contributed by atoms with Crippen LogP contribution in [0.3, 0.4) is 0 Å². The van der Waals surface area contributed by atoms with Crippen LogP contribution >= 0.6 is 0 Å². The average molecular weight is 290 g/mol. The smallest absolute Gasteiger partial charge is 0.384 e. The second kappa shape index (κ2) is 5.58. The van der Waals surface area contributed by atoms with Gasteiger partial charge in [0.1, 0.15) is 5.82 Å². The highest BCUT2D eigenvalue weighted by Gasteiger charge is 2.38. The van der Waals surface area contributed by atoms with Gasteiger partial charge in [0.15, 0.2) is 0 Å². The third-order valence-electron chi connectivity index (χ3n) is 2.54. The normalized spacial score (nSPS) is 11.8. The van der Waals surface area contributed by atoms with E-state index in [1.54, 1.807) is 6.07 Å². The molecule has 0 saturated heterocycles. The van der Waals surface area contributed by atoms with Crippen LogP contribution in [0.5, 0.6) is 0 Å². The van der Waals surface area contributed by atoms with Gasteiger partial charge >= 0.3 is 12.1 Å². The van der Waals surface area contributed by atoms with Crippen molar-refractivity contribution in [2.45, 2.75) is 12.6 Å². The summed E-state index contributed by atoms with van der Waals surface area (Å²) in [6, 6.07) is 4.09. The highest BCUT2D eigenvalue weighted by molar-refractivity contribution is 5.55. The van der Waals surface area contributed by atoms with Crippen molar-refractivity contribution >= 4 is 0 Å². The van der Waals surface area contributed by atoms with Gasteiger partial charge in [-0.05, 0) is 24.1 Å². The van der Waals surface area contributed by atoms with Crippen LogP contribution in [0.25, 0.3) is 11.4 Å². The minimum absolute atomic E-state index is 0.148. The Kier molecular flexibility index (Phi) is 4.03. The number of rotatable bonds is 4. The molecule has 0 atom stereocenters. The highest BCUT2D eigenvalue weighted by atomic mass is 19.4. The molecule has 0 aliphatic heterocycles. The number of nitrogens with zero attached hydrogens (tertiary/aromatic N) is 2. The number of alkyl halides is 3. The van der Waals surface area contributed by atoms with Crippen LogP contribution in [0.1, 0.15) is 11.5 Å². The number of ether oxygens (including phenoxy) is 1. The molecule has 0 amide bonds. The fourth-order valence-corrected chi connectivity index (χ4v) is 1.56. The maximum Gasteiger partial charge on any atom is 0.471 e. The van der Waals surface area contributed by atoms with E-state index in [2.05, 4.69) is 14.7 Å². The first kappa shape index (κ1) is 14.4. The number of hydrogen-bond acceptors (Lipinski definition) is 4. The molecule has 2 rings (SSSR count). The molecule has 0 unspecified atom stereocenters. The predicted molar refractivity (Wildman–Crippen MR) is 60.3 cm³/mol. The largest absolute Gasteiger partial charge is 0.471 e. The van der Waals surface area contributed by atoms with E-state index in [0.29, 0.717) is 18.6 Å². The van der Waals surface area contributed by atoms with Gasteiger partial charge in [-0.3, -0.25) is 0 Å². The topological polar surface area (TPSA) is 48.2 Å². The molecular weight excluding hydrogens is 280 g/mol. The first-order valence-corrected chi connectivity index (χ1v) is 5.60. The third-order valence-corrected chi connectivity index (χ3v) is 2.54. The molecule has 1 heterocycles. The van der Waals surface area contributed by atoms with Gasteiger partial charge in [0.2, 0.25) is 5.82 Å². The van der Waals surface area contributed by atoms with Gasteiger partial charge in [-0.15, -0.1) is 0 Å². The SMILES string of the molecule is COCCc1ccc(-c2noc(C(F)(F)F)n2)c(F)c1. The number of methoxy groups -OCH3 is 1. The lowest BCUT2D eigenvalue weighted by molar-refractivity contribution is -0.159. The molecule has 108 valence electrons. The van der Waals surface area contributed by atoms with Crippen LogP contribution in [0, 0.1) is 5.82 Å². The summed E-state index contributed by atoms with van der Waals surface area (Å²) in [5.74, 6) is -2.66. The van der Waals surface area contributed by atoms with E-state index in [0.717, 1.165) is 0 Å². The molecule has 1 aromatic carbocycles. The van der Waals surface area contributed by atoms with Crippen molar-refractivity contribution in [3.8, 4) is 11.4 Å². The van der Waals surface area contributed by atoms with E-state index < -0.39 is 23.7 Å².